The van der Waals surface area contributed by atoms with Crippen molar-refractivity contribution in [2.45, 2.75) is 39.5 Å². The molecule has 0 aliphatic heterocycles. The molecule has 0 saturated heterocycles. The predicted octanol–water partition coefficient (Wildman–Crippen LogP) is 3.05. The molecule has 128 valence electrons. The molecule has 0 saturated carbocycles. The van der Waals surface area contributed by atoms with Gasteiger partial charge in [0, 0.05) is 12.2 Å². The van der Waals surface area contributed by atoms with Gasteiger partial charge in [0.25, 0.3) is 0 Å². The molecule has 0 heterocycles. The van der Waals surface area contributed by atoms with Gasteiger partial charge in [-0.05, 0) is 19.3 Å². The molecule has 0 aromatic heterocycles. The number of hydrogen-bond acceptors (Lipinski definition) is 5. The summed E-state index contributed by atoms with van der Waals surface area (Å²) in [6.07, 6.45) is 3.01. The molecule has 0 amide bonds. The first-order valence-electron chi connectivity index (χ1n) is 7.54. The van der Waals surface area contributed by atoms with Crippen LogP contribution in [0.15, 0.2) is 0 Å². The molecular formula is C14H32NO5S+. The first-order chi connectivity index (χ1) is 9.57. The van der Waals surface area contributed by atoms with Crippen LogP contribution < -0.4 is 0 Å². The normalized spacial score (nSPS) is 14.8. The van der Waals surface area contributed by atoms with Gasteiger partial charge in [-0.15, -0.1) is 0 Å². The van der Waals surface area contributed by atoms with Gasteiger partial charge in [-0.3, -0.25) is 4.79 Å². The summed E-state index contributed by atoms with van der Waals surface area (Å²) >= 11 is 0. The van der Waals surface area contributed by atoms with Gasteiger partial charge in [-0.25, -0.2) is 0 Å². The lowest BCUT2D eigenvalue weighted by Crippen LogP contribution is -2.41. The van der Waals surface area contributed by atoms with E-state index in [0.29, 0.717) is 13.0 Å². The van der Waals surface area contributed by atoms with E-state index >= 15 is 0 Å². The molecule has 6 nitrogen and oxygen atoms in total. The first kappa shape index (κ1) is 20.7. The summed E-state index contributed by atoms with van der Waals surface area (Å²) < 4.78 is 32.6. The number of hydrogen-bond donors (Lipinski definition) is 3. The summed E-state index contributed by atoms with van der Waals surface area (Å²) in [5.41, 5.74) is 0. The SMILES string of the molecule is CCC(C)C(=O)OCCC[N+](C)(C)CCCCS(O)(O)O. The zero-order chi connectivity index (χ0) is 16.5. The van der Waals surface area contributed by atoms with Crippen molar-refractivity contribution >= 4 is 16.8 Å². The molecule has 0 bridgehead atoms. The third-order valence-electron chi connectivity index (χ3n) is 3.60. The highest BCUT2D eigenvalue weighted by Crippen LogP contribution is 2.33. The molecule has 0 fully saturated rings. The highest BCUT2D eigenvalue weighted by Gasteiger charge is 2.17. The smallest absolute Gasteiger partial charge is 0.308 e. The van der Waals surface area contributed by atoms with Crippen LogP contribution in [0, 0.1) is 5.92 Å². The Hall–Kier alpha value is -0.340. The molecule has 3 N–H and O–H groups in total. The van der Waals surface area contributed by atoms with Crippen LogP contribution in [-0.2, 0) is 9.53 Å². The van der Waals surface area contributed by atoms with Crippen molar-refractivity contribution in [2.24, 2.45) is 5.92 Å². The lowest BCUT2D eigenvalue weighted by molar-refractivity contribution is -0.890. The van der Waals surface area contributed by atoms with E-state index in [1.807, 2.05) is 13.8 Å². The second-order valence-electron chi connectivity index (χ2n) is 6.26. The summed E-state index contributed by atoms with van der Waals surface area (Å²) in [5.74, 6) is -0.124. The Kier molecular flexibility index (Phi) is 9.48. The highest BCUT2D eigenvalue weighted by molar-refractivity contribution is 8.19. The van der Waals surface area contributed by atoms with Crippen molar-refractivity contribution in [1.82, 2.24) is 0 Å². The fraction of sp³-hybridized carbons (Fsp3) is 0.929. The molecule has 7 heteroatoms. The van der Waals surface area contributed by atoms with Gasteiger partial charge in [0.15, 0.2) is 0 Å². The third kappa shape index (κ3) is 11.9. The van der Waals surface area contributed by atoms with Gasteiger partial charge in [0.1, 0.15) is 0 Å². The maximum atomic E-state index is 11.5. The molecule has 0 radical (unpaired) electrons. The lowest BCUT2D eigenvalue weighted by atomic mass is 10.1. The lowest BCUT2D eigenvalue weighted by Gasteiger charge is -2.30. The van der Waals surface area contributed by atoms with Crippen molar-refractivity contribution in [1.29, 1.82) is 0 Å². The molecule has 1 unspecified atom stereocenters. The summed E-state index contributed by atoms with van der Waals surface area (Å²) in [7, 11) is 0.834. The van der Waals surface area contributed by atoms with Gasteiger partial charge in [-0.2, -0.15) is 0 Å². The number of quaternary nitrogens is 1. The molecular weight excluding hydrogens is 294 g/mol. The maximum Gasteiger partial charge on any atom is 0.308 e. The Morgan fingerprint density at radius 1 is 1.14 bits per heavy atom. The number of carbonyl (C=O) groups is 1. The van der Waals surface area contributed by atoms with Gasteiger partial charge in [0.05, 0.1) is 50.6 Å². The van der Waals surface area contributed by atoms with Gasteiger partial charge in [0.2, 0.25) is 0 Å². The van der Waals surface area contributed by atoms with E-state index in [0.717, 1.165) is 36.8 Å². The van der Waals surface area contributed by atoms with E-state index in [-0.39, 0.29) is 17.6 Å². The standard InChI is InChI=1S/C14H31NO5S/c1-5-13(2)14(16)20-11-8-10-15(3,4)9-6-7-12-21(17,18)19/h13H,5-12H2,1-4H3,(H2-,17,18,19)/p+1. The first-order valence-corrected chi connectivity index (χ1v) is 9.21. The van der Waals surface area contributed by atoms with Crippen molar-refractivity contribution in [3.05, 3.63) is 0 Å². The van der Waals surface area contributed by atoms with E-state index in [2.05, 4.69) is 14.1 Å². The van der Waals surface area contributed by atoms with Gasteiger partial charge >= 0.3 is 5.97 Å². The minimum atomic E-state index is -3.35. The van der Waals surface area contributed by atoms with Crippen LogP contribution >= 0.6 is 10.9 Å². The van der Waals surface area contributed by atoms with Gasteiger partial charge in [-0.1, -0.05) is 13.8 Å². The Labute approximate surface area is 130 Å². The third-order valence-corrected chi connectivity index (χ3v) is 4.43. The van der Waals surface area contributed by atoms with E-state index < -0.39 is 10.9 Å². The monoisotopic (exact) mass is 326 g/mol. The van der Waals surface area contributed by atoms with Crippen LogP contribution in [0.25, 0.3) is 0 Å². The van der Waals surface area contributed by atoms with E-state index in [9.17, 15) is 4.79 Å². The van der Waals surface area contributed by atoms with Crippen molar-refractivity contribution in [3.8, 4) is 0 Å². The Morgan fingerprint density at radius 3 is 2.24 bits per heavy atom. The topological polar surface area (TPSA) is 87.0 Å². The van der Waals surface area contributed by atoms with Crippen LogP contribution in [0.2, 0.25) is 0 Å². The molecule has 0 spiro atoms. The van der Waals surface area contributed by atoms with Gasteiger partial charge < -0.3 is 22.9 Å². The summed E-state index contributed by atoms with van der Waals surface area (Å²) in [5, 5.41) is 0. The second kappa shape index (κ2) is 9.63. The number of carbonyl (C=O) groups excluding carboxylic acids is 1. The Bertz CT molecular complexity index is 304. The Balaban J connectivity index is 3.75. The Morgan fingerprint density at radius 2 is 1.71 bits per heavy atom. The quantitative estimate of drug-likeness (QED) is 0.309. The van der Waals surface area contributed by atoms with Crippen molar-refractivity contribution in [3.63, 3.8) is 0 Å². The van der Waals surface area contributed by atoms with E-state index in [1.165, 1.54) is 0 Å². The minimum absolute atomic E-state index is 0.0364. The molecule has 0 rings (SSSR count). The molecule has 0 aromatic carbocycles. The van der Waals surface area contributed by atoms with Crippen molar-refractivity contribution < 1.29 is 27.7 Å². The number of rotatable bonds is 11. The maximum absolute atomic E-state index is 11.5. The van der Waals surface area contributed by atoms with Crippen LogP contribution in [0.1, 0.15) is 39.5 Å². The number of ether oxygens (including phenoxy) is 1. The second-order valence-corrected chi connectivity index (χ2v) is 7.93. The van der Waals surface area contributed by atoms with E-state index in [4.69, 9.17) is 18.4 Å². The van der Waals surface area contributed by atoms with Crippen LogP contribution in [0.3, 0.4) is 0 Å². The van der Waals surface area contributed by atoms with Crippen LogP contribution in [-0.4, -0.2) is 63.7 Å². The fourth-order valence-corrected chi connectivity index (χ4v) is 2.51. The summed E-state index contributed by atoms with van der Waals surface area (Å²) in [6.45, 7) is 6.06. The van der Waals surface area contributed by atoms with E-state index in [1.54, 1.807) is 0 Å². The number of nitrogens with zero attached hydrogens (tertiary/aromatic N) is 1. The largest absolute Gasteiger partial charge is 0.465 e. The molecule has 1 atom stereocenters. The highest BCUT2D eigenvalue weighted by atomic mass is 32.3. The summed E-state index contributed by atoms with van der Waals surface area (Å²) in [6, 6.07) is 0. The average molecular weight is 326 g/mol. The zero-order valence-electron chi connectivity index (χ0n) is 13.7. The average Bonchev–Trinajstić information content (AvgIpc) is 2.37. The summed E-state index contributed by atoms with van der Waals surface area (Å²) in [4.78, 5) is 11.5. The predicted molar refractivity (Wildman–Crippen MR) is 86.5 cm³/mol. The molecule has 0 aliphatic carbocycles. The van der Waals surface area contributed by atoms with Crippen molar-refractivity contribution in [2.75, 3.05) is 39.5 Å². The fourth-order valence-electron chi connectivity index (χ4n) is 1.92. The number of esters is 1. The zero-order valence-corrected chi connectivity index (χ0v) is 14.6. The number of unbranched alkanes of at least 4 members (excludes halogenated alkanes) is 1. The molecule has 21 heavy (non-hydrogen) atoms. The van der Waals surface area contributed by atoms with Crippen LogP contribution in [0.5, 0.6) is 0 Å². The van der Waals surface area contributed by atoms with Crippen LogP contribution in [0.4, 0.5) is 0 Å². The molecule has 0 aliphatic rings. The molecule has 0 aromatic rings. The minimum Gasteiger partial charge on any atom is -0.465 e.